The molecule has 2 saturated heterocycles. The van der Waals surface area contributed by atoms with Crippen LogP contribution in [0.5, 0.6) is 0 Å². The lowest BCUT2D eigenvalue weighted by Gasteiger charge is -2.35. The lowest BCUT2D eigenvalue weighted by molar-refractivity contribution is -0.135. The maximum atomic E-state index is 13.3. The van der Waals surface area contributed by atoms with Gasteiger partial charge in [-0.25, -0.2) is 8.78 Å². The number of hydrogen-bond acceptors (Lipinski definition) is 4. The minimum atomic E-state index is -2.81. The summed E-state index contributed by atoms with van der Waals surface area (Å²) in [6, 6.07) is 4.97. The fourth-order valence-corrected chi connectivity index (χ4v) is 3.52. The molecule has 1 atom stereocenters. The zero-order chi connectivity index (χ0) is 19.6. The average Bonchev–Trinajstić information content (AvgIpc) is 2.99. The molecule has 0 aromatic heterocycles. The third-order valence-corrected chi connectivity index (χ3v) is 5.34. The lowest BCUT2D eigenvalue weighted by Crippen LogP contribution is -2.54. The highest BCUT2D eigenvalue weighted by atomic mass is 19.3. The van der Waals surface area contributed by atoms with Crippen LogP contribution in [0.1, 0.15) is 17.5 Å². The molecule has 6 nitrogen and oxygen atoms in total. The van der Waals surface area contributed by atoms with Crippen LogP contribution < -0.4 is 10.6 Å². The van der Waals surface area contributed by atoms with Gasteiger partial charge in [0.15, 0.2) is 0 Å². The minimum Gasteiger partial charge on any atom is -0.339 e. The molecule has 0 aliphatic carbocycles. The standard InChI is InChI=1S/C19H26F2N4O2/c1-13-4-3-5-15(14(13)2)23-17(26)11-24-6-8-25(9-7-24)18(27)16-10-19(20,21)12-22-16/h3-5,16,22H,6-12H2,1-2H3,(H,23,26). The third kappa shape index (κ3) is 4.81. The molecule has 148 valence electrons. The summed E-state index contributed by atoms with van der Waals surface area (Å²) < 4.78 is 26.5. The van der Waals surface area contributed by atoms with Gasteiger partial charge < -0.3 is 10.2 Å². The van der Waals surface area contributed by atoms with Gasteiger partial charge in [0, 0.05) is 38.3 Å². The fourth-order valence-electron chi connectivity index (χ4n) is 3.52. The molecule has 2 amide bonds. The molecule has 27 heavy (non-hydrogen) atoms. The monoisotopic (exact) mass is 380 g/mol. The molecule has 3 rings (SSSR count). The Balaban J connectivity index is 1.46. The summed E-state index contributed by atoms with van der Waals surface area (Å²) in [5.41, 5.74) is 2.97. The van der Waals surface area contributed by atoms with Crippen LogP contribution in [-0.4, -0.2) is 72.8 Å². The molecule has 2 aliphatic heterocycles. The van der Waals surface area contributed by atoms with Crippen LogP contribution >= 0.6 is 0 Å². The largest absolute Gasteiger partial charge is 0.339 e. The van der Waals surface area contributed by atoms with Crippen molar-refractivity contribution in [2.75, 3.05) is 44.6 Å². The normalized spacial score (nSPS) is 22.7. The number of aryl methyl sites for hydroxylation is 1. The van der Waals surface area contributed by atoms with Gasteiger partial charge >= 0.3 is 0 Å². The van der Waals surface area contributed by atoms with Crippen LogP contribution in [0.4, 0.5) is 14.5 Å². The molecule has 2 N–H and O–H groups in total. The number of nitrogens with one attached hydrogen (secondary N) is 2. The molecule has 0 saturated carbocycles. The van der Waals surface area contributed by atoms with E-state index in [4.69, 9.17) is 0 Å². The second-order valence-electron chi connectivity index (χ2n) is 7.39. The maximum absolute atomic E-state index is 13.3. The number of hydrogen-bond donors (Lipinski definition) is 2. The van der Waals surface area contributed by atoms with E-state index in [0.29, 0.717) is 26.2 Å². The summed E-state index contributed by atoms with van der Waals surface area (Å²) in [5, 5.41) is 5.54. The van der Waals surface area contributed by atoms with E-state index >= 15 is 0 Å². The van der Waals surface area contributed by atoms with E-state index in [1.54, 1.807) is 4.90 Å². The molecule has 0 spiro atoms. The molecule has 2 fully saturated rings. The number of amides is 2. The van der Waals surface area contributed by atoms with E-state index in [1.807, 2.05) is 36.9 Å². The summed E-state index contributed by atoms with van der Waals surface area (Å²) in [6.07, 6.45) is -0.440. The quantitative estimate of drug-likeness (QED) is 0.829. The number of anilines is 1. The van der Waals surface area contributed by atoms with Gasteiger partial charge in [-0.05, 0) is 31.0 Å². The topological polar surface area (TPSA) is 64.7 Å². The average molecular weight is 380 g/mol. The van der Waals surface area contributed by atoms with Crippen molar-refractivity contribution >= 4 is 17.5 Å². The predicted molar refractivity (Wildman–Crippen MR) is 98.9 cm³/mol. The van der Waals surface area contributed by atoms with Gasteiger partial charge in [0.05, 0.1) is 19.1 Å². The molecule has 1 unspecified atom stereocenters. The molecule has 0 radical (unpaired) electrons. The molecule has 0 bridgehead atoms. The first-order chi connectivity index (χ1) is 12.7. The van der Waals surface area contributed by atoms with Crippen molar-refractivity contribution in [3.63, 3.8) is 0 Å². The van der Waals surface area contributed by atoms with E-state index in [9.17, 15) is 18.4 Å². The fraction of sp³-hybridized carbons (Fsp3) is 0.579. The van der Waals surface area contributed by atoms with Crippen molar-refractivity contribution in [3.05, 3.63) is 29.3 Å². The first kappa shape index (κ1) is 19.7. The van der Waals surface area contributed by atoms with Crippen molar-refractivity contribution in [3.8, 4) is 0 Å². The lowest BCUT2D eigenvalue weighted by atomic mass is 10.1. The van der Waals surface area contributed by atoms with Crippen LogP contribution in [0, 0.1) is 13.8 Å². The van der Waals surface area contributed by atoms with Gasteiger partial charge in [-0.2, -0.15) is 0 Å². The zero-order valence-corrected chi connectivity index (χ0v) is 15.7. The van der Waals surface area contributed by atoms with Crippen molar-refractivity contribution in [1.29, 1.82) is 0 Å². The van der Waals surface area contributed by atoms with E-state index in [2.05, 4.69) is 10.6 Å². The van der Waals surface area contributed by atoms with E-state index < -0.39 is 24.9 Å². The maximum Gasteiger partial charge on any atom is 0.262 e. The van der Waals surface area contributed by atoms with Gasteiger partial charge in [0.1, 0.15) is 0 Å². The van der Waals surface area contributed by atoms with Crippen molar-refractivity contribution in [1.82, 2.24) is 15.1 Å². The van der Waals surface area contributed by atoms with Crippen molar-refractivity contribution < 1.29 is 18.4 Å². The Morgan fingerprint density at radius 1 is 1.22 bits per heavy atom. The number of rotatable bonds is 4. The highest BCUT2D eigenvalue weighted by molar-refractivity contribution is 5.93. The number of carbonyl (C=O) groups excluding carboxylic acids is 2. The Hall–Kier alpha value is -2.06. The van der Waals surface area contributed by atoms with Gasteiger partial charge in [0.2, 0.25) is 11.8 Å². The number of piperazine rings is 1. The Bertz CT molecular complexity index is 718. The Kier molecular flexibility index (Phi) is 5.76. The number of alkyl halides is 2. The van der Waals surface area contributed by atoms with Crippen LogP contribution in [-0.2, 0) is 9.59 Å². The predicted octanol–water partition coefficient (Wildman–Crippen LogP) is 1.38. The second-order valence-corrected chi connectivity index (χ2v) is 7.39. The molecule has 1 aromatic rings. The van der Waals surface area contributed by atoms with Crippen LogP contribution in [0.25, 0.3) is 0 Å². The smallest absolute Gasteiger partial charge is 0.262 e. The molecule has 2 aliphatic rings. The van der Waals surface area contributed by atoms with E-state index in [-0.39, 0.29) is 18.4 Å². The Morgan fingerprint density at radius 3 is 2.56 bits per heavy atom. The van der Waals surface area contributed by atoms with E-state index in [0.717, 1.165) is 16.8 Å². The van der Waals surface area contributed by atoms with Gasteiger partial charge in [-0.3, -0.25) is 19.8 Å². The van der Waals surface area contributed by atoms with E-state index in [1.165, 1.54) is 0 Å². The Morgan fingerprint density at radius 2 is 1.93 bits per heavy atom. The summed E-state index contributed by atoms with van der Waals surface area (Å²) in [4.78, 5) is 28.3. The molecular formula is C19H26F2N4O2. The second kappa shape index (κ2) is 7.90. The molecule has 8 heteroatoms. The summed E-state index contributed by atoms with van der Waals surface area (Å²) >= 11 is 0. The number of carbonyl (C=O) groups is 2. The first-order valence-electron chi connectivity index (χ1n) is 9.23. The highest BCUT2D eigenvalue weighted by Crippen LogP contribution is 2.26. The number of benzene rings is 1. The SMILES string of the molecule is Cc1cccc(NC(=O)CN2CCN(C(=O)C3CC(F)(F)CN3)CC2)c1C. The van der Waals surface area contributed by atoms with Crippen molar-refractivity contribution in [2.45, 2.75) is 32.2 Å². The number of halogens is 2. The Labute approximate surface area is 157 Å². The molecule has 2 heterocycles. The molecule has 1 aromatic carbocycles. The number of nitrogens with zero attached hydrogens (tertiary/aromatic N) is 2. The summed E-state index contributed by atoms with van der Waals surface area (Å²) in [7, 11) is 0. The third-order valence-electron chi connectivity index (χ3n) is 5.34. The summed E-state index contributed by atoms with van der Waals surface area (Å²) in [6.45, 7) is 5.76. The van der Waals surface area contributed by atoms with Gasteiger partial charge in [-0.1, -0.05) is 12.1 Å². The zero-order valence-electron chi connectivity index (χ0n) is 15.7. The van der Waals surface area contributed by atoms with Gasteiger partial charge in [0.25, 0.3) is 5.92 Å². The summed E-state index contributed by atoms with van der Waals surface area (Å²) in [5.74, 6) is -3.18. The first-order valence-corrected chi connectivity index (χ1v) is 9.23. The minimum absolute atomic E-state index is 0.0967. The van der Waals surface area contributed by atoms with Crippen LogP contribution in [0.2, 0.25) is 0 Å². The van der Waals surface area contributed by atoms with Crippen LogP contribution in [0.15, 0.2) is 18.2 Å². The van der Waals surface area contributed by atoms with Gasteiger partial charge in [-0.15, -0.1) is 0 Å². The van der Waals surface area contributed by atoms with Crippen LogP contribution in [0.3, 0.4) is 0 Å². The van der Waals surface area contributed by atoms with Crippen molar-refractivity contribution in [2.24, 2.45) is 0 Å². The molecular weight excluding hydrogens is 354 g/mol. The highest BCUT2D eigenvalue weighted by Gasteiger charge is 2.43.